The van der Waals surface area contributed by atoms with E-state index in [0.29, 0.717) is 40.6 Å². The maximum Gasteiger partial charge on any atom is 0.272 e. The highest BCUT2D eigenvalue weighted by atomic mass is 35.5. The Hall–Kier alpha value is -3.17. The molecule has 0 radical (unpaired) electrons. The van der Waals surface area contributed by atoms with E-state index in [1.165, 1.54) is 6.07 Å². The van der Waals surface area contributed by atoms with Gasteiger partial charge in [0, 0.05) is 23.7 Å². The molecule has 0 aliphatic carbocycles. The van der Waals surface area contributed by atoms with Gasteiger partial charge in [-0.1, -0.05) is 23.7 Å². The summed E-state index contributed by atoms with van der Waals surface area (Å²) >= 11 is 5.82. The third-order valence-corrected chi connectivity index (χ3v) is 5.04. The lowest BCUT2D eigenvalue weighted by Crippen LogP contribution is -2.41. The Labute approximate surface area is 166 Å². The molecule has 1 aliphatic heterocycles. The molecule has 4 rings (SSSR count). The molecule has 0 saturated heterocycles. The van der Waals surface area contributed by atoms with Crippen molar-refractivity contribution in [2.75, 3.05) is 6.54 Å². The monoisotopic (exact) mass is 394 g/mol. The van der Waals surface area contributed by atoms with E-state index in [-0.39, 0.29) is 11.9 Å². The van der Waals surface area contributed by atoms with Gasteiger partial charge in [0.15, 0.2) is 0 Å². The highest BCUT2D eigenvalue weighted by Crippen LogP contribution is 2.29. The van der Waals surface area contributed by atoms with Gasteiger partial charge in [-0.2, -0.15) is 10.4 Å². The first-order chi connectivity index (χ1) is 13.5. The molecule has 0 N–H and O–H groups in total. The van der Waals surface area contributed by atoms with Crippen molar-refractivity contribution in [3.05, 3.63) is 76.2 Å². The molecule has 0 unspecified atom stereocenters. The van der Waals surface area contributed by atoms with Crippen LogP contribution in [0.5, 0.6) is 0 Å². The summed E-state index contributed by atoms with van der Waals surface area (Å²) in [6.45, 7) is 2.90. The van der Waals surface area contributed by atoms with Gasteiger partial charge in [-0.05, 0) is 48.9 Å². The van der Waals surface area contributed by atoms with Crippen LogP contribution in [0.3, 0.4) is 0 Å². The highest BCUT2D eigenvalue weighted by Gasteiger charge is 2.31. The molecule has 1 aliphatic rings. The van der Waals surface area contributed by atoms with Crippen LogP contribution < -0.4 is 0 Å². The summed E-state index contributed by atoms with van der Waals surface area (Å²) in [5, 5.41) is 13.7. The van der Waals surface area contributed by atoms with Gasteiger partial charge in [-0.15, -0.1) is 0 Å². The minimum atomic E-state index is -0.475. The average molecular weight is 395 g/mol. The van der Waals surface area contributed by atoms with Crippen molar-refractivity contribution in [2.24, 2.45) is 0 Å². The van der Waals surface area contributed by atoms with Crippen molar-refractivity contribution < 1.29 is 9.18 Å². The van der Waals surface area contributed by atoms with Crippen LogP contribution in [0.15, 0.2) is 48.5 Å². The Balaban J connectivity index is 1.63. The molecule has 0 spiro atoms. The molecule has 28 heavy (non-hydrogen) atoms. The van der Waals surface area contributed by atoms with Gasteiger partial charge in [0.05, 0.1) is 23.4 Å². The number of nitriles is 1. The number of carbonyl (C=O) groups is 1. The summed E-state index contributed by atoms with van der Waals surface area (Å²) in [5.41, 5.74) is 2.66. The predicted octanol–water partition coefficient (Wildman–Crippen LogP) is 4.43. The number of hydrogen-bond donors (Lipinski definition) is 0. The van der Waals surface area contributed by atoms with Crippen molar-refractivity contribution in [3.63, 3.8) is 0 Å². The Morgan fingerprint density at radius 1 is 1.25 bits per heavy atom. The number of fused-ring (bicyclic) bond motifs is 1. The van der Waals surface area contributed by atoms with Crippen LogP contribution in [0.25, 0.3) is 11.3 Å². The molecule has 2 aromatic carbocycles. The quantitative estimate of drug-likeness (QED) is 0.660. The second-order valence-corrected chi connectivity index (χ2v) is 7.26. The minimum Gasteiger partial charge on any atom is -0.331 e. The van der Waals surface area contributed by atoms with E-state index in [9.17, 15) is 9.18 Å². The van der Waals surface area contributed by atoms with Gasteiger partial charge in [-0.25, -0.2) is 4.39 Å². The molecule has 1 aromatic heterocycles. The first-order valence-electron chi connectivity index (χ1n) is 8.79. The van der Waals surface area contributed by atoms with Crippen LogP contribution in [-0.2, 0) is 6.54 Å². The van der Waals surface area contributed by atoms with Crippen LogP contribution in [0.4, 0.5) is 4.39 Å². The van der Waals surface area contributed by atoms with Crippen LogP contribution >= 0.6 is 11.6 Å². The van der Waals surface area contributed by atoms with Gasteiger partial charge in [0.2, 0.25) is 0 Å². The fourth-order valence-corrected chi connectivity index (χ4v) is 3.56. The summed E-state index contributed by atoms with van der Waals surface area (Å²) in [6.07, 6.45) is 0. The number of hydrogen-bond acceptors (Lipinski definition) is 3. The topological polar surface area (TPSA) is 61.9 Å². The number of nitrogens with zero attached hydrogens (tertiary/aromatic N) is 4. The molecule has 1 amide bonds. The zero-order valence-corrected chi connectivity index (χ0v) is 15.8. The lowest BCUT2D eigenvalue weighted by molar-refractivity contribution is 0.0651. The second-order valence-electron chi connectivity index (χ2n) is 6.83. The number of aromatic nitrogens is 2. The van der Waals surface area contributed by atoms with Crippen molar-refractivity contribution in [2.45, 2.75) is 19.5 Å². The van der Waals surface area contributed by atoms with Gasteiger partial charge in [0.1, 0.15) is 11.5 Å². The van der Waals surface area contributed by atoms with Crippen LogP contribution in [-0.4, -0.2) is 27.1 Å². The first kappa shape index (κ1) is 18.2. The average Bonchev–Trinajstić information content (AvgIpc) is 3.12. The molecule has 7 heteroatoms. The zero-order chi connectivity index (χ0) is 19.8. The highest BCUT2D eigenvalue weighted by molar-refractivity contribution is 6.30. The first-order valence-corrected chi connectivity index (χ1v) is 9.17. The number of benzene rings is 2. The molecule has 0 saturated carbocycles. The third kappa shape index (κ3) is 3.25. The van der Waals surface area contributed by atoms with Gasteiger partial charge >= 0.3 is 0 Å². The molecular weight excluding hydrogens is 379 g/mol. The largest absolute Gasteiger partial charge is 0.331 e. The summed E-state index contributed by atoms with van der Waals surface area (Å²) in [4.78, 5) is 14.7. The molecule has 5 nitrogen and oxygen atoms in total. The SMILES string of the molecule is C[C@H]1CN(Cc2ccc(C#N)cc2)C(=O)c2cc(-c3ccc(Cl)cc3F)nn21. The second kappa shape index (κ2) is 7.10. The van der Waals surface area contributed by atoms with Gasteiger partial charge in [-0.3, -0.25) is 9.48 Å². The summed E-state index contributed by atoms with van der Waals surface area (Å²) < 4.78 is 15.9. The molecule has 2 heterocycles. The van der Waals surface area contributed by atoms with Crippen molar-refractivity contribution in [1.82, 2.24) is 14.7 Å². The van der Waals surface area contributed by atoms with E-state index in [1.807, 2.05) is 19.1 Å². The molecule has 3 aromatic rings. The number of carbonyl (C=O) groups excluding carboxylic acids is 1. The zero-order valence-electron chi connectivity index (χ0n) is 15.1. The van der Waals surface area contributed by atoms with Crippen LogP contribution in [0, 0.1) is 17.1 Å². The molecule has 0 bridgehead atoms. The van der Waals surface area contributed by atoms with Gasteiger partial charge in [0.25, 0.3) is 5.91 Å². The van der Waals surface area contributed by atoms with Crippen molar-refractivity contribution in [1.29, 1.82) is 5.26 Å². The smallest absolute Gasteiger partial charge is 0.272 e. The van der Waals surface area contributed by atoms with Crippen molar-refractivity contribution >= 4 is 17.5 Å². The lowest BCUT2D eigenvalue weighted by atomic mass is 10.1. The Morgan fingerprint density at radius 3 is 2.68 bits per heavy atom. The van der Waals surface area contributed by atoms with E-state index in [2.05, 4.69) is 11.2 Å². The Bertz CT molecular complexity index is 1100. The van der Waals surface area contributed by atoms with Gasteiger partial charge < -0.3 is 4.90 Å². The van der Waals surface area contributed by atoms with E-state index >= 15 is 0 Å². The van der Waals surface area contributed by atoms with Crippen molar-refractivity contribution in [3.8, 4) is 17.3 Å². The predicted molar refractivity (Wildman–Crippen MR) is 103 cm³/mol. The summed E-state index contributed by atoms with van der Waals surface area (Å²) in [5.74, 6) is -0.631. The Morgan fingerprint density at radius 2 is 2.00 bits per heavy atom. The molecule has 0 fully saturated rings. The van der Waals surface area contributed by atoms with Crippen LogP contribution in [0.1, 0.15) is 34.6 Å². The van der Waals surface area contributed by atoms with E-state index in [0.717, 1.165) is 5.56 Å². The standard InChI is InChI=1S/C21H16ClFN4O/c1-13-11-26(12-15-4-2-14(10-24)3-5-15)21(28)20-9-19(25-27(13)20)17-7-6-16(22)8-18(17)23/h2-9,13H,11-12H2,1H3/t13-/m0/s1. The lowest BCUT2D eigenvalue weighted by Gasteiger charge is -2.31. The van der Waals surface area contributed by atoms with Crippen LogP contribution in [0.2, 0.25) is 5.02 Å². The maximum absolute atomic E-state index is 14.3. The number of halogens is 2. The van der Waals surface area contributed by atoms with E-state index in [4.69, 9.17) is 16.9 Å². The fraction of sp³-hybridized carbons (Fsp3) is 0.190. The maximum atomic E-state index is 14.3. The fourth-order valence-electron chi connectivity index (χ4n) is 3.40. The molecule has 140 valence electrons. The molecule has 1 atom stereocenters. The Kier molecular flexibility index (Phi) is 4.62. The van der Waals surface area contributed by atoms with E-state index < -0.39 is 5.82 Å². The third-order valence-electron chi connectivity index (χ3n) is 4.81. The normalized spacial score (nSPS) is 16.0. The molecular formula is C21H16ClFN4O. The number of rotatable bonds is 3. The summed E-state index contributed by atoms with van der Waals surface area (Å²) in [6, 6.07) is 15.2. The summed E-state index contributed by atoms with van der Waals surface area (Å²) in [7, 11) is 0. The number of amides is 1. The minimum absolute atomic E-state index is 0.0461. The van der Waals surface area contributed by atoms with E-state index in [1.54, 1.807) is 39.9 Å².